The number of urea groups is 1. The van der Waals surface area contributed by atoms with Gasteiger partial charge in [0, 0.05) is 31.2 Å². The molecule has 4 rings (SSSR count). The van der Waals surface area contributed by atoms with Gasteiger partial charge in [-0.1, -0.05) is 60.7 Å². The van der Waals surface area contributed by atoms with Gasteiger partial charge in [0.1, 0.15) is 12.3 Å². The Hall–Kier alpha value is -6.17. The summed E-state index contributed by atoms with van der Waals surface area (Å²) >= 11 is 0. The molecular formula is C37H39N5O7. The summed E-state index contributed by atoms with van der Waals surface area (Å²) in [6.07, 6.45) is 0.0412. The summed E-state index contributed by atoms with van der Waals surface area (Å²) < 4.78 is 10.9. The summed E-state index contributed by atoms with van der Waals surface area (Å²) in [6, 6.07) is 30.6. The van der Waals surface area contributed by atoms with E-state index in [1.54, 1.807) is 106 Å². The van der Waals surface area contributed by atoms with Crippen LogP contribution in [-0.4, -0.2) is 70.1 Å². The zero-order valence-corrected chi connectivity index (χ0v) is 27.6. The Balaban J connectivity index is 1.49. The molecule has 0 fully saturated rings. The summed E-state index contributed by atoms with van der Waals surface area (Å²) in [5, 5.41) is 5.19. The standard InChI is InChI=1S/C37H39N5O7/c1-4-48-36(46)23-27-14-13-15-28(22-27)39-37(47)38-24-33(43)42(25-34(44)40(2)29-16-7-5-8-17-29)31-20-11-12-21-32(31)49-26-35(45)41(3)30-18-9-6-10-19-30/h5-22H,4,23-26H2,1-3H3,(H2,38,39,47). The number of hydrogen-bond donors (Lipinski definition) is 2. The number of anilines is 4. The molecule has 0 heterocycles. The third-order valence-corrected chi connectivity index (χ3v) is 7.38. The van der Waals surface area contributed by atoms with Crippen molar-refractivity contribution in [2.24, 2.45) is 0 Å². The van der Waals surface area contributed by atoms with Crippen LogP contribution >= 0.6 is 0 Å². The molecule has 12 nitrogen and oxygen atoms in total. The Morgan fingerprint density at radius 2 is 1.31 bits per heavy atom. The number of hydrogen-bond acceptors (Lipinski definition) is 7. The average molecular weight is 666 g/mol. The van der Waals surface area contributed by atoms with Gasteiger partial charge in [0.15, 0.2) is 6.61 Å². The Bertz CT molecular complexity index is 1750. The average Bonchev–Trinajstić information content (AvgIpc) is 3.12. The number of nitrogens with zero attached hydrogens (tertiary/aromatic N) is 3. The molecule has 12 heteroatoms. The topological polar surface area (TPSA) is 138 Å². The number of para-hydroxylation sites is 4. The molecule has 5 amide bonds. The molecule has 0 aliphatic rings. The highest BCUT2D eigenvalue weighted by Crippen LogP contribution is 2.29. The fraction of sp³-hybridized carbons (Fsp3) is 0.216. The van der Waals surface area contributed by atoms with Crippen LogP contribution in [0.5, 0.6) is 5.75 Å². The highest BCUT2D eigenvalue weighted by Gasteiger charge is 2.25. The normalized spacial score (nSPS) is 10.3. The molecule has 0 spiro atoms. The van der Waals surface area contributed by atoms with E-state index in [2.05, 4.69) is 10.6 Å². The Morgan fingerprint density at radius 3 is 1.96 bits per heavy atom. The maximum Gasteiger partial charge on any atom is 0.319 e. The van der Waals surface area contributed by atoms with Crippen LogP contribution in [0.1, 0.15) is 12.5 Å². The number of carbonyl (C=O) groups is 5. The van der Waals surface area contributed by atoms with Gasteiger partial charge in [-0.15, -0.1) is 0 Å². The number of rotatable bonds is 14. The van der Waals surface area contributed by atoms with Crippen molar-refractivity contribution in [1.82, 2.24) is 5.32 Å². The number of ether oxygens (including phenoxy) is 2. The molecule has 0 saturated carbocycles. The van der Waals surface area contributed by atoms with Gasteiger partial charge in [0.05, 0.1) is 25.3 Å². The molecular weight excluding hydrogens is 626 g/mol. The number of benzene rings is 4. The first-order valence-electron chi connectivity index (χ1n) is 15.6. The molecule has 4 aromatic carbocycles. The van der Waals surface area contributed by atoms with Crippen molar-refractivity contribution in [3.05, 3.63) is 115 Å². The van der Waals surface area contributed by atoms with E-state index in [-0.39, 0.29) is 49.5 Å². The fourth-order valence-electron chi connectivity index (χ4n) is 4.74. The van der Waals surface area contributed by atoms with E-state index in [1.807, 2.05) is 24.3 Å². The summed E-state index contributed by atoms with van der Waals surface area (Å²) in [5.41, 5.74) is 2.61. The first kappa shape index (κ1) is 35.7. The van der Waals surface area contributed by atoms with Crippen LogP contribution in [0.25, 0.3) is 0 Å². The monoisotopic (exact) mass is 665 g/mol. The second-order valence-corrected chi connectivity index (χ2v) is 10.8. The van der Waals surface area contributed by atoms with Crippen molar-refractivity contribution in [2.75, 3.05) is 60.4 Å². The second-order valence-electron chi connectivity index (χ2n) is 10.8. The zero-order chi connectivity index (χ0) is 35.2. The minimum Gasteiger partial charge on any atom is -0.482 e. The maximum atomic E-state index is 13.7. The van der Waals surface area contributed by atoms with Crippen LogP contribution in [0.4, 0.5) is 27.5 Å². The first-order valence-corrected chi connectivity index (χ1v) is 15.6. The lowest BCUT2D eigenvalue weighted by Crippen LogP contribution is -2.46. The number of nitrogens with one attached hydrogen (secondary N) is 2. The van der Waals surface area contributed by atoms with Crippen molar-refractivity contribution >= 4 is 52.5 Å². The van der Waals surface area contributed by atoms with Gasteiger partial charge in [-0.3, -0.25) is 24.1 Å². The third kappa shape index (κ3) is 10.4. The van der Waals surface area contributed by atoms with Crippen molar-refractivity contribution < 1.29 is 33.4 Å². The molecule has 4 aromatic rings. The Labute approximate surface area is 285 Å². The molecule has 0 aliphatic carbocycles. The van der Waals surface area contributed by atoms with Gasteiger partial charge in [-0.05, 0) is 61.0 Å². The lowest BCUT2D eigenvalue weighted by Gasteiger charge is -2.27. The van der Waals surface area contributed by atoms with E-state index in [4.69, 9.17) is 9.47 Å². The lowest BCUT2D eigenvalue weighted by atomic mass is 10.1. The van der Waals surface area contributed by atoms with E-state index < -0.39 is 24.4 Å². The van der Waals surface area contributed by atoms with E-state index >= 15 is 0 Å². The number of likely N-dealkylation sites (N-methyl/N-ethyl adjacent to an activating group) is 2. The van der Waals surface area contributed by atoms with Gasteiger partial charge in [-0.2, -0.15) is 0 Å². The molecule has 0 bridgehead atoms. The number of esters is 1. The molecule has 2 N–H and O–H groups in total. The lowest BCUT2D eigenvalue weighted by molar-refractivity contribution is -0.142. The van der Waals surface area contributed by atoms with E-state index in [9.17, 15) is 24.0 Å². The van der Waals surface area contributed by atoms with E-state index in [1.165, 1.54) is 14.7 Å². The zero-order valence-electron chi connectivity index (χ0n) is 27.6. The van der Waals surface area contributed by atoms with Crippen LogP contribution in [-0.2, 0) is 30.3 Å². The molecule has 0 atom stereocenters. The van der Waals surface area contributed by atoms with Crippen LogP contribution in [0.2, 0.25) is 0 Å². The van der Waals surface area contributed by atoms with Gasteiger partial charge in [0.2, 0.25) is 11.8 Å². The van der Waals surface area contributed by atoms with Crippen molar-refractivity contribution in [1.29, 1.82) is 0 Å². The SMILES string of the molecule is CCOC(=O)Cc1cccc(NC(=O)NCC(=O)N(CC(=O)N(C)c2ccccc2)c2ccccc2OCC(=O)N(C)c2ccccc2)c1. The predicted molar refractivity (Wildman–Crippen MR) is 188 cm³/mol. The van der Waals surface area contributed by atoms with Crippen molar-refractivity contribution in [3.8, 4) is 5.75 Å². The highest BCUT2D eigenvalue weighted by molar-refractivity contribution is 6.06. The smallest absolute Gasteiger partial charge is 0.319 e. The van der Waals surface area contributed by atoms with Crippen LogP contribution in [0.3, 0.4) is 0 Å². The van der Waals surface area contributed by atoms with Gasteiger partial charge in [0.25, 0.3) is 5.91 Å². The number of amides is 5. The fourth-order valence-corrected chi connectivity index (χ4v) is 4.74. The number of carbonyl (C=O) groups excluding carboxylic acids is 5. The first-order chi connectivity index (χ1) is 23.7. The largest absolute Gasteiger partial charge is 0.482 e. The molecule has 49 heavy (non-hydrogen) atoms. The molecule has 0 saturated heterocycles. The van der Waals surface area contributed by atoms with Crippen molar-refractivity contribution in [2.45, 2.75) is 13.3 Å². The van der Waals surface area contributed by atoms with Gasteiger partial charge < -0.3 is 29.9 Å². The van der Waals surface area contributed by atoms with E-state index in [0.29, 0.717) is 22.6 Å². The van der Waals surface area contributed by atoms with Crippen LogP contribution in [0.15, 0.2) is 109 Å². The van der Waals surface area contributed by atoms with E-state index in [0.717, 1.165) is 0 Å². The molecule has 0 radical (unpaired) electrons. The quantitative estimate of drug-likeness (QED) is 0.187. The van der Waals surface area contributed by atoms with Gasteiger partial charge in [-0.25, -0.2) is 4.79 Å². The highest BCUT2D eigenvalue weighted by atomic mass is 16.5. The van der Waals surface area contributed by atoms with Gasteiger partial charge >= 0.3 is 12.0 Å². The third-order valence-electron chi connectivity index (χ3n) is 7.38. The predicted octanol–water partition coefficient (Wildman–Crippen LogP) is 4.65. The molecule has 0 aromatic heterocycles. The minimum atomic E-state index is -0.673. The minimum absolute atomic E-state index is 0.0412. The second kappa shape index (κ2) is 17.7. The molecule has 254 valence electrons. The summed E-state index contributed by atoms with van der Waals surface area (Å²) in [7, 11) is 3.23. The maximum absolute atomic E-state index is 13.7. The summed E-state index contributed by atoms with van der Waals surface area (Å²) in [4.78, 5) is 69.0. The van der Waals surface area contributed by atoms with Crippen molar-refractivity contribution in [3.63, 3.8) is 0 Å². The Kier molecular flexibility index (Phi) is 12.9. The van der Waals surface area contributed by atoms with Crippen LogP contribution < -0.4 is 30.1 Å². The Morgan fingerprint density at radius 1 is 0.694 bits per heavy atom. The summed E-state index contributed by atoms with van der Waals surface area (Å²) in [5.74, 6) is -1.53. The molecule has 0 aliphatic heterocycles. The van der Waals surface area contributed by atoms with Crippen LogP contribution in [0, 0.1) is 0 Å². The summed E-state index contributed by atoms with van der Waals surface area (Å²) in [6.45, 7) is 0.790. The molecule has 0 unspecified atom stereocenters.